The third-order valence-corrected chi connectivity index (χ3v) is 7.70. The summed E-state index contributed by atoms with van der Waals surface area (Å²) >= 11 is 2.78. The van der Waals surface area contributed by atoms with Crippen molar-refractivity contribution < 1.29 is 19.1 Å². The first-order chi connectivity index (χ1) is 16.9. The highest BCUT2D eigenvalue weighted by Crippen LogP contribution is 2.36. The molecule has 0 bridgehead atoms. The predicted octanol–water partition coefficient (Wildman–Crippen LogP) is 5.61. The van der Waals surface area contributed by atoms with Crippen molar-refractivity contribution >= 4 is 62.4 Å². The molecule has 3 aromatic carbocycles. The van der Waals surface area contributed by atoms with Gasteiger partial charge in [0.05, 0.1) is 38.9 Å². The summed E-state index contributed by atoms with van der Waals surface area (Å²) < 4.78 is 6.99. The monoisotopic (exact) mass is 503 g/mol. The molecule has 35 heavy (non-hydrogen) atoms. The summed E-state index contributed by atoms with van der Waals surface area (Å²) in [5.74, 6) is -0.0413. The topological polar surface area (TPSA) is 88.6 Å². The number of imide groups is 1. The molecular formula is C26H21N3O4S2. The first kappa shape index (κ1) is 23.1. The van der Waals surface area contributed by atoms with Crippen molar-refractivity contribution in [2.75, 3.05) is 16.8 Å². The fraction of sp³-hybridized carbons (Fsp3) is 0.154. The fourth-order valence-electron chi connectivity index (χ4n) is 3.76. The number of amides is 3. The zero-order valence-electron chi connectivity index (χ0n) is 19.0. The second-order valence-corrected chi connectivity index (χ2v) is 10.4. The van der Waals surface area contributed by atoms with Crippen LogP contribution in [0.25, 0.3) is 10.2 Å². The lowest BCUT2D eigenvalue weighted by Crippen LogP contribution is -2.29. The second kappa shape index (κ2) is 9.52. The van der Waals surface area contributed by atoms with Crippen LogP contribution in [0, 0.1) is 0 Å². The minimum atomic E-state index is -0.377. The predicted molar refractivity (Wildman–Crippen MR) is 139 cm³/mol. The highest BCUT2D eigenvalue weighted by molar-refractivity contribution is 8.02. The van der Waals surface area contributed by atoms with Crippen LogP contribution in [0.15, 0.2) is 71.1 Å². The standard InChI is InChI=1S/C26H21N3O4S2/c1-3-33-18-11-8-16(9-12-18)27-23(30)15(2)34-26-28-21-13-10-17(14-22(21)35-26)29-24(31)19-6-4-5-7-20(19)25(29)32/h4-15H,3H2,1-2H3,(H,27,30). The summed E-state index contributed by atoms with van der Waals surface area (Å²) in [6, 6.07) is 19.4. The first-order valence-electron chi connectivity index (χ1n) is 11.0. The number of nitrogens with one attached hydrogen (secondary N) is 1. The third kappa shape index (κ3) is 4.52. The van der Waals surface area contributed by atoms with Crippen LogP contribution >= 0.6 is 23.1 Å². The fourth-order valence-corrected chi connectivity index (χ4v) is 6.00. The maximum absolute atomic E-state index is 12.8. The molecule has 0 radical (unpaired) electrons. The van der Waals surface area contributed by atoms with Gasteiger partial charge in [0.15, 0.2) is 4.34 Å². The number of fused-ring (bicyclic) bond motifs is 2. The van der Waals surface area contributed by atoms with E-state index in [2.05, 4.69) is 10.3 Å². The molecule has 3 amide bonds. The van der Waals surface area contributed by atoms with Gasteiger partial charge in [-0.1, -0.05) is 23.9 Å². The Morgan fingerprint density at radius 2 is 1.74 bits per heavy atom. The highest BCUT2D eigenvalue weighted by atomic mass is 32.2. The number of rotatable bonds is 7. The van der Waals surface area contributed by atoms with E-state index in [0.29, 0.717) is 29.1 Å². The van der Waals surface area contributed by atoms with Crippen LogP contribution in [0.1, 0.15) is 34.6 Å². The average Bonchev–Trinajstić information content (AvgIpc) is 3.37. The van der Waals surface area contributed by atoms with Gasteiger partial charge in [-0.15, -0.1) is 11.3 Å². The molecule has 0 saturated carbocycles. The van der Waals surface area contributed by atoms with Gasteiger partial charge in [-0.25, -0.2) is 9.88 Å². The molecule has 7 nitrogen and oxygen atoms in total. The van der Waals surface area contributed by atoms with Crippen molar-refractivity contribution in [1.82, 2.24) is 4.98 Å². The van der Waals surface area contributed by atoms with E-state index in [9.17, 15) is 14.4 Å². The summed E-state index contributed by atoms with van der Waals surface area (Å²) in [4.78, 5) is 44.1. The Bertz CT molecular complexity index is 1410. The Hall–Kier alpha value is -3.69. The number of ether oxygens (including phenoxy) is 1. The minimum Gasteiger partial charge on any atom is -0.494 e. The van der Waals surface area contributed by atoms with Gasteiger partial charge in [-0.3, -0.25) is 14.4 Å². The van der Waals surface area contributed by atoms with Crippen LogP contribution in [0.3, 0.4) is 0 Å². The van der Waals surface area contributed by atoms with Crippen LogP contribution in [-0.2, 0) is 4.79 Å². The molecule has 0 saturated heterocycles. The van der Waals surface area contributed by atoms with Crippen LogP contribution in [0.5, 0.6) is 5.75 Å². The molecule has 5 rings (SSSR count). The van der Waals surface area contributed by atoms with Gasteiger partial charge >= 0.3 is 0 Å². The number of anilines is 2. The smallest absolute Gasteiger partial charge is 0.266 e. The summed E-state index contributed by atoms with van der Waals surface area (Å²) in [6.45, 7) is 4.33. The van der Waals surface area contributed by atoms with Crippen molar-refractivity contribution in [1.29, 1.82) is 0 Å². The molecule has 1 aromatic heterocycles. The van der Waals surface area contributed by atoms with E-state index in [1.165, 1.54) is 28.0 Å². The van der Waals surface area contributed by atoms with Crippen molar-refractivity contribution in [2.24, 2.45) is 0 Å². The molecule has 176 valence electrons. The van der Waals surface area contributed by atoms with Gasteiger partial charge < -0.3 is 10.1 Å². The normalized spacial score (nSPS) is 13.7. The molecule has 0 aliphatic carbocycles. The number of hydrogen-bond donors (Lipinski definition) is 1. The number of carbonyl (C=O) groups is 3. The van der Waals surface area contributed by atoms with Crippen molar-refractivity contribution in [3.05, 3.63) is 77.9 Å². The summed E-state index contributed by atoms with van der Waals surface area (Å²) in [5.41, 5.74) is 2.76. The lowest BCUT2D eigenvalue weighted by atomic mass is 10.1. The third-order valence-electron chi connectivity index (χ3n) is 5.48. The molecule has 1 N–H and O–H groups in total. The first-order valence-corrected chi connectivity index (χ1v) is 12.7. The van der Waals surface area contributed by atoms with E-state index in [0.717, 1.165) is 20.3 Å². The van der Waals surface area contributed by atoms with Gasteiger partial charge in [-0.05, 0) is 68.4 Å². The van der Waals surface area contributed by atoms with E-state index >= 15 is 0 Å². The van der Waals surface area contributed by atoms with Crippen LogP contribution < -0.4 is 15.0 Å². The van der Waals surface area contributed by atoms with Gasteiger partial charge in [-0.2, -0.15) is 0 Å². The zero-order chi connectivity index (χ0) is 24.5. The summed E-state index contributed by atoms with van der Waals surface area (Å²) in [7, 11) is 0. The Labute approximate surface area is 210 Å². The van der Waals surface area contributed by atoms with Crippen LogP contribution in [0.2, 0.25) is 0 Å². The molecule has 1 unspecified atom stereocenters. The van der Waals surface area contributed by atoms with Gasteiger partial charge in [0, 0.05) is 5.69 Å². The van der Waals surface area contributed by atoms with Crippen molar-refractivity contribution in [2.45, 2.75) is 23.4 Å². The SMILES string of the molecule is CCOc1ccc(NC(=O)C(C)Sc2nc3ccc(N4C(=O)c5ccccc5C4=O)cc3s2)cc1. The van der Waals surface area contributed by atoms with E-state index in [1.807, 2.05) is 26.0 Å². The second-order valence-electron chi connectivity index (χ2n) is 7.83. The zero-order valence-corrected chi connectivity index (χ0v) is 20.6. The van der Waals surface area contributed by atoms with Gasteiger partial charge in [0.25, 0.3) is 11.8 Å². The number of carbonyl (C=O) groups excluding carboxylic acids is 3. The van der Waals surface area contributed by atoms with Gasteiger partial charge in [0.1, 0.15) is 5.75 Å². The minimum absolute atomic E-state index is 0.134. The Morgan fingerprint density at radius 3 is 2.40 bits per heavy atom. The number of nitrogens with zero attached hydrogens (tertiary/aromatic N) is 2. The summed E-state index contributed by atoms with van der Waals surface area (Å²) in [6.07, 6.45) is 0. The number of benzene rings is 3. The number of hydrogen-bond acceptors (Lipinski definition) is 7. The lowest BCUT2D eigenvalue weighted by Gasteiger charge is -2.13. The average molecular weight is 504 g/mol. The quantitative estimate of drug-likeness (QED) is 0.260. The van der Waals surface area contributed by atoms with Crippen molar-refractivity contribution in [3.63, 3.8) is 0 Å². The molecule has 0 fully saturated rings. The van der Waals surface area contributed by atoms with Crippen molar-refractivity contribution in [3.8, 4) is 5.75 Å². The number of aromatic nitrogens is 1. The lowest BCUT2D eigenvalue weighted by molar-refractivity contribution is -0.115. The Morgan fingerprint density at radius 1 is 1.06 bits per heavy atom. The molecule has 1 aliphatic rings. The molecular weight excluding hydrogens is 482 g/mol. The molecule has 4 aromatic rings. The Kier molecular flexibility index (Phi) is 6.27. The molecule has 1 atom stereocenters. The van der Waals surface area contributed by atoms with Gasteiger partial charge in [0.2, 0.25) is 5.91 Å². The van der Waals surface area contributed by atoms with E-state index < -0.39 is 0 Å². The molecule has 9 heteroatoms. The van der Waals surface area contributed by atoms with E-state index in [4.69, 9.17) is 4.74 Å². The van der Waals surface area contributed by atoms with Crippen LogP contribution in [-0.4, -0.2) is 34.6 Å². The van der Waals surface area contributed by atoms with E-state index in [1.54, 1.807) is 54.6 Å². The van der Waals surface area contributed by atoms with E-state index in [-0.39, 0.29) is 23.0 Å². The Balaban J connectivity index is 1.29. The largest absolute Gasteiger partial charge is 0.494 e. The number of thioether (sulfide) groups is 1. The van der Waals surface area contributed by atoms with Crippen LogP contribution in [0.4, 0.5) is 11.4 Å². The maximum atomic E-state index is 12.8. The maximum Gasteiger partial charge on any atom is 0.266 e. The number of thiazole rings is 1. The highest BCUT2D eigenvalue weighted by Gasteiger charge is 2.36. The molecule has 1 aliphatic heterocycles. The molecule has 2 heterocycles. The molecule has 0 spiro atoms. The summed E-state index contributed by atoms with van der Waals surface area (Å²) in [5, 5.41) is 2.53.